The Balaban J connectivity index is 3.01. The summed E-state index contributed by atoms with van der Waals surface area (Å²) < 4.78 is 5.60. The van der Waals surface area contributed by atoms with Gasteiger partial charge in [-0.05, 0) is 34.7 Å². The van der Waals surface area contributed by atoms with Crippen molar-refractivity contribution in [3.63, 3.8) is 0 Å². The maximum Gasteiger partial charge on any atom is 0.255 e. The number of halogens is 3. The van der Waals surface area contributed by atoms with Gasteiger partial charge in [0, 0.05) is 28.8 Å². The normalized spacial score (nSPS) is 10.6. The Morgan fingerprint density at radius 3 is 2.68 bits per heavy atom. The fraction of sp³-hybridized carbons (Fsp3) is 0.417. The summed E-state index contributed by atoms with van der Waals surface area (Å²) in [7, 11) is 1.56. The maximum absolute atomic E-state index is 12.4. The first kappa shape index (κ1) is 17.0. The lowest BCUT2D eigenvalue weighted by Crippen LogP contribution is -2.36. The Morgan fingerprint density at radius 2 is 2.11 bits per heavy atom. The van der Waals surface area contributed by atoms with Crippen molar-refractivity contribution in [2.75, 3.05) is 33.4 Å². The average molecular weight is 418 g/mol. The zero-order chi connectivity index (χ0) is 14.4. The monoisotopic (exact) mass is 417 g/mol. The Kier molecular flexibility index (Phi) is 7.38. The van der Waals surface area contributed by atoms with Crippen molar-refractivity contribution in [1.29, 1.82) is 0 Å². The van der Waals surface area contributed by atoms with E-state index in [2.05, 4.69) is 0 Å². The van der Waals surface area contributed by atoms with Crippen LogP contribution in [0.3, 0.4) is 0 Å². The van der Waals surface area contributed by atoms with Crippen LogP contribution in [0.2, 0.25) is 10.0 Å². The molecule has 0 heterocycles. The molecule has 0 unspecified atom stereocenters. The minimum absolute atomic E-state index is 0.111. The summed E-state index contributed by atoms with van der Waals surface area (Å²) in [5.74, 6) is -0.222. The number of methoxy groups -OCH3 is 1. The third kappa shape index (κ3) is 4.75. The number of nitrogens with zero attached hydrogens (tertiary/aromatic N) is 1. The number of carbonyl (C=O) groups is 1. The third-order valence-electron chi connectivity index (χ3n) is 2.45. The fourth-order valence-electron chi connectivity index (χ4n) is 1.52. The van der Waals surface area contributed by atoms with Crippen molar-refractivity contribution >= 4 is 51.7 Å². The second kappa shape index (κ2) is 8.26. The molecule has 4 nitrogen and oxygen atoms in total. The Labute approximate surface area is 135 Å². The molecule has 0 radical (unpaired) electrons. The van der Waals surface area contributed by atoms with Crippen LogP contribution < -0.4 is 0 Å². The van der Waals surface area contributed by atoms with Crippen LogP contribution in [0.25, 0.3) is 0 Å². The second-order valence-electron chi connectivity index (χ2n) is 3.76. The van der Waals surface area contributed by atoms with E-state index in [0.29, 0.717) is 32.3 Å². The molecule has 1 amide bonds. The topological polar surface area (TPSA) is 49.8 Å². The van der Waals surface area contributed by atoms with Crippen LogP contribution >= 0.6 is 45.8 Å². The van der Waals surface area contributed by atoms with E-state index in [9.17, 15) is 4.79 Å². The summed E-state index contributed by atoms with van der Waals surface area (Å²) in [5.41, 5.74) is 0.433. The van der Waals surface area contributed by atoms with Crippen molar-refractivity contribution in [3.05, 3.63) is 31.3 Å². The van der Waals surface area contributed by atoms with Crippen molar-refractivity contribution in [2.24, 2.45) is 0 Å². The highest BCUT2D eigenvalue weighted by molar-refractivity contribution is 14.1. The Bertz CT molecular complexity index is 457. The van der Waals surface area contributed by atoms with Gasteiger partial charge in [0.2, 0.25) is 0 Å². The van der Waals surface area contributed by atoms with E-state index in [1.165, 1.54) is 4.90 Å². The van der Waals surface area contributed by atoms with Gasteiger partial charge in [0.1, 0.15) is 0 Å². The molecule has 0 aliphatic heterocycles. The molecule has 0 saturated carbocycles. The lowest BCUT2D eigenvalue weighted by atomic mass is 10.2. The molecule has 0 bridgehead atoms. The number of hydrogen-bond acceptors (Lipinski definition) is 3. The summed E-state index contributed by atoms with van der Waals surface area (Å²) in [6, 6.07) is 3.17. The molecule has 0 atom stereocenters. The van der Waals surface area contributed by atoms with Gasteiger partial charge in [-0.1, -0.05) is 23.2 Å². The van der Waals surface area contributed by atoms with Gasteiger partial charge >= 0.3 is 0 Å². The predicted molar refractivity (Wildman–Crippen MR) is 84.0 cm³/mol. The number of rotatable bonds is 6. The van der Waals surface area contributed by atoms with Gasteiger partial charge in [-0.15, -0.1) is 0 Å². The lowest BCUT2D eigenvalue weighted by Gasteiger charge is -2.22. The van der Waals surface area contributed by atoms with Crippen LogP contribution in [0.15, 0.2) is 12.1 Å². The van der Waals surface area contributed by atoms with Gasteiger partial charge in [-0.3, -0.25) is 4.79 Å². The summed E-state index contributed by atoms with van der Waals surface area (Å²) >= 11 is 13.9. The van der Waals surface area contributed by atoms with Gasteiger partial charge in [-0.2, -0.15) is 0 Å². The first-order chi connectivity index (χ1) is 9.01. The van der Waals surface area contributed by atoms with Gasteiger partial charge < -0.3 is 14.7 Å². The fourth-order valence-corrected chi connectivity index (χ4v) is 2.55. The maximum atomic E-state index is 12.4. The molecule has 1 aromatic rings. The van der Waals surface area contributed by atoms with E-state index >= 15 is 0 Å². The molecule has 7 heteroatoms. The molecule has 0 saturated heterocycles. The number of amides is 1. The Hall–Kier alpha value is -0.0800. The van der Waals surface area contributed by atoms with Gasteiger partial charge in [0.15, 0.2) is 0 Å². The minimum atomic E-state index is -0.222. The zero-order valence-corrected chi connectivity index (χ0v) is 14.0. The number of ether oxygens (including phenoxy) is 1. The summed E-state index contributed by atoms with van der Waals surface area (Å²) in [6.45, 7) is 0.926. The average Bonchev–Trinajstić information content (AvgIpc) is 2.38. The quantitative estimate of drug-likeness (QED) is 0.571. The molecule has 0 aliphatic rings. The van der Waals surface area contributed by atoms with E-state index in [1.807, 2.05) is 22.6 Å². The molecule has 1 N–H and O–H groups in total. The highest BCUT2D eigenvalue weighted by atomic mass is 127. The minimum Gasteiger partial charge on any atom is -0.395 e. The smallest absolute Gasteiger partial charge is 0.255 e. The highest BCUT2D eigenvalue weighted by Gasteiger charge is 2.19. The molecular weight excluding hydrogens is 404 g/mol. The van der Waals surface area contributed by atoms with Crippen LogP contribution in [0.4, 0.5) is 0 Å². The van der Waals surface area contributed by atoms with Crippen molar-refractivity contribution in [1.82, 2.24) is 4.90 Å². The second-order valence-corrected chi connectivity index (χ2v) is 5.68. The largest absolute Gasteiger partial charge is 0.395 e. The van der Waals surface area contributed by atoms with Crippen LogP contribution in [0.5, 0.6) is 0 Å². The predicted octanol–water partition coefficient (Wildman–Crippen LogP) is 2.68. The molecule has 0 aromatic heterocycles. The molecule has 0 aliphatic carbocycles. The molecule has 19 heavy (non-hydrogen) atoms. The van der Waals surface area contributed by atoms with E-state index in [-0.39, 0.29) is 19.1 Å². The number of aliphatic hydroxyl groups is 1. The van der Waals surface area contributed by atoms with Crippen LogP contribution in [0.1, 0.15) is 10.4 Å². The molecule has 0 fully saturated rings. The van der Waals surface area contributed by atoms with Crippen molar-refractivity contribution < 1.29 is 14.6 Å². The van der Waals surface area contributed by atoms with E-state index in [4.69, 9.17) is 33.0 Å². The number of carbonyl (C=O) groups excluding carboxylic acids is 1. The number of benzene rings is 1. The first-order valence-electron chi connectivity index (χ1n) is 5.54. The van der Waals surface area contributed by atoms with Crippen molar-refractivity contribution in [3.8, 4) is 0 Å². The molecule has 106 valence electrons. The number of aliphatic hydroxyl groups excluding tert-OH is 1. The standard InChI is InChI=1S/C12H14Cl2INO3/c1-19-5-3-16(2-4-17)12(18)9-6-8(13)7-10(14)11(9)15/h6-7,17H,2-5H2,1H3. The summed E-state index contributed by atoms with van der Waals surface area (Å²) in [6.07, 6.45) is 0. The number of hydrogen-bond donors (Lipinski definition) is 1. The molecular formula is C12H14Cl2INO3. The summed E-state index contributed by atoms with van der Waals surface area (Å²) in [5, 5.41) is 9.87. The van der Waals surface area contributed by atoms with Crippen LogP contribution in [0, 0.1) is 3.57 Å². The van der Waals surface area contributed by atoms with Gasteiger partial charge in [0.25, 0.3) is 5.91 Å². The van der Waals surface area contributed by atoms with E-state index < -0.39 is 0 Å². The van der Waals surface area contributed by atoms with Crippen molar-refractivity contribution in [2.45, 2.75) is 0 Å². The highest BCUT2D eigenvalue weighted by Crippen LogP contribution is 2.27. The van der Waals surface area contributed by atoms with E-state index in [1.54, 1.807) is 19.2 Å². The lowest BCUT2D eigenvalue weighted by molar-refractivity contribution is 0.0655. The molecule has 0 spiro atoms. The van der Waals surface area contributed by atoms with E-state index in [0.717, 1.165) is 0 Å². The SMILES string of the molecule is COCCN(CCO)C(=O)c1cc(Cl)cc(Cl)c1I. The first-order valence-corrected chi connectivity index (χ1v) is 7.38. The van der Waals surface area contributed by atoms with Crippen LogP contribution in [-0.4, -0.2) is 49.3 Å². The van der Waals surface area contributed by atoms with Gasteiger partial charge in [0.05, 0.1) is 23.8 Å². The third-order valence-corrected chi connectivity index (χ3v) is 4.44. The zero-order valence-electron chi connectivity index (χ0n) is 10.3. The Morgan fingerprint density at radius 1 is 1.42 bits per heavy atom. The molecule has 1 aromatic carbocycles. The van der Waals surface area contributed by atoms with Crippen LogP contribution in [-0.2, 0) is 4.74 Å². The van der Waals surface area contributed by atoms with Gasteiger partial charge in [-0.25, -0.2) is 0 Å². The summed E-state index contributed by atoms with van der Waals surface area (Å²) in [4.78, 5) is 13.9. The molecule has 1 rings (SSSR count).